The minimum absolute atomic E-state index is 0.131. The van der Waals surface area contributed by atoms with E-state index in [0.29, 0.717) is 18.8 Å². The second kappa shape index (κ2) is 5.85. The summed E-state index contributed by atoms with van der Waals surface area (Å²) in [5.41, 5.74) is 2.01. The molecule has 1 aliphatic rings. The van der Waals surface area contributed by atoms with Crippen LogP contribution in [0.2, 0.25) is 0 Å². The van der Waals surface area contributed by atoms with Gasteiger partial charge >= 0.3 is 0 Å². The number of ether oxygens (including phenoxy) is 2. The second-order valence-corrected chi connectivity index (χ2v) is 6.15. The summed E-state index contributed by atoms with van der Waals surface area (Å²) in [4.78, 5) is 4.75. The van der Waals surface area contributed by atoms with Gasteiger partial charge in [-0.3, -0.25) is 0 Å². The fourth-order valence-electron chi connectivity index (χ4n) is 2.99. The summed E-state index contributed by atoms with van der Waals surface area (Å²) in [5.74, 6) is 1.74. The van der Waals surface area contributed by atoms with Gasteiger partial charge in [-0.1, -0.05) is 6.07 Å². The molecule has 2 aromatic rings. The van der Waals surface area contributed by atoms with Crippen LogP contribution in [0.1, 0.15) is 43.9 Å². The van der Waals surface area contributed by atoms with Crippen LogP contribution in [0.5, 0.6) is 5.75 Å². The highest BCUT2D eigenvalue weighted by Gasteiger charge is 2.34. The highest BCUT2D eigenvalue weighted by molar-refractivity contribution is 6.20. The minimum atomic E-state index is -0.131. The molecule has 0 spiro atoms. The van der Waals surface area contributed by atoms with E-state index in [-0.39, 0.29) is 5.38 Å². The lowest BCUT2D eigenvalue weighted by Crippen LogP contribution is -2.33. The zero-order valence-corrected chi connectivity index (χ0v) is 13.4. The van der Waals surface area contributed by atoms with Crippen molar-refractivity contribution in [2.75, 3.05) is 13.7 Å². The van der Waals surface area contributed by atoms with Crippen LogP contribution in [0.4, 0.5) is 0 Å². The molecule has 1 unspecified atom stereocenters. The number of imidazole rings is 1. The zero-order valence-electron chi connectivity index (χ0n) is 12.7. The summed E-state index contributed by atoms with van der Waals surface area (Å²) >= 11 is 6.35. The molecule has 1 saturated carbocycles. The summed E-state index contributed by atoms with van der Waals surface area (Å²) in [6.45, 7) is 4.58. The summed E-state index contributed by atoms with van der Waals surface area (Å²) in [7, 11) is 1.77. The molecule has 1 aromatic heterocycles. The molecule has 3 rings (SSSR count). The zero-order chi connectivity index (χ0) is 15.0. The highest BCUT2D eigenvalue weighted by atomic mass is 35.5. The fraction of sp³-hybridized carbons (Fsp3) is 0.562. The number of rotatable bonds is 5. The number of benzene rings is 1. The first-order valence-corrected chi connectivity index (χ1v) is 7.89. The lowest BCUT2D eigenvalue weighted by Gasteiger charge is -2.36. The van der Waals surface area contributed by atoms with Gasteiger partial charge in [-0.05, 0) is 38.8 Å². The van der Waals surface area contributed by atoms with E-state index in [9.17, 15) is 0 Å². The van der Waals surface area contributed by atoms with Gasteiger partial charge in [0.25, 0.3) is 0 Å². The van der Waals surface area contributed by atoms with Crippen LogP contribution in [0, 0.1) is 0 Å². The van der Waals surface area contributed by atoms with Crippen molar-refractivity contribution in [3.63, 3.8) is 0 Å². The van der Waals surface area contributed by atoms with Crippen molar-refractivity contribution in [3.8, 4) is 5.75 Å². The third-order valence-electron chi connectivity index (χ3n) is 4.13. The quantitative estimate of drug-likeness (QED) is 0.781. The van der Waals surface area contributed by atoms with Crippen molar-refractivity contribution >= 4 is 22.6 Å². The van der Waals surface area contributed by atoms with E-state index in [1.54, 1.807) is 7.11 Å². The lowest BCUT2D eigenvalue weighted by molar-refractivity contribution is 0.00658. The predicted octanol–water partition coefficient (Wildman–Crippen LogP) is 4.08. The van der Waals surface area contributed by atoms with Gasteiger partial charge in [0.2, 0.25) is 0 Å². The number of fused-ring (bicyclic) bond motifs is 1. The molecule has 5 heteroatoms. The summed E-state index contributed by atoms with van der Waals surface area (Å²) in [5, 5.41) is -0.131. The molecule has 0 N–H and O–H groups in total. The average molecular weight is 309 g/mol. The molecule has 4 nitrogen and oxygen atoms in total. The van der Waals surface area contributed by atoms with Crippen LogP contribution in [0.3, 0.4) is 0 Å². The molecule has 0 aliphatic heterocycles. The first-order valence-electron chi connectivity index (χ1n) is 7.46. The summed E-state index contributed by atoms with van der Waals surface area (Å²) in [6.07, 6.45) is 2.37. The molecule has 0 saturated heterocycles. The van der Waals surface area contributed by atoms with Crippen LogP contribution in [-0.2, 0) is 4.74 Å². The molecule has 1 heterocycles. The summed E-state index contributed by atoms with van der Waals surface area (Å²) in [6, 6.07) is 6.48. The van der Waals surface area contributed by atoms with E-state index >= 15 is 0 Å². The van der Waals surface area contributed by atoms with Crippen molar-refractivity contribution in [2.24, 2.45) is 0 Å². The monoisotopic (exact) mass is 308 g/mol. The van der Waals surface area contributed by atoms with Crippen LogP contribution in [0.25, 0.3) is 11.0 Å². The number of methoxy groups -OCH3 is 1. The minimum Gasteiger partial charge on any atom is -0.492 e. The molecular weight excluding hydrogens is 288 g/mol. The van der Waals surface area contributed by atoms with Gasteiger partial charge in [-0.25, -0.2) is 4.98 Å². The van der Waals surface area contributed by atoms with Gasteiger partial charge in [0.1, 0.15) is 17.1 Å². The number of para-hydroxylation sites is 1. The number of halogens is 1. The summed E-state index contributed by atoms with van der Waals surface area (Å²) < 4.78 is 13.4. The maximum atomic E-state index is 6.35. The smallest absolute Gasteiger partial charge is 0.147 e. The van der Waals surface area contributed by atoms with Crippen molar-refractivity contribution in [3.05, 3.63) is 24.0 Å². The Morgan fingerprint density at radius 3 is 2.81 bits per heavy atom. The third kappa shape index (κ3) is 2.51. The molecule has 21 heavy (non-hydrogen) atoms. The van der Waals surface area contributed by atoms with Crippen LogP contribution < -0.4 is 4.74 Å². The van der Waals surface area contributed by atoms with Crippen molar-refractivity contribution in [2.45, 2.75) is 44.2 Å². The third-order valence-corrected chi connectivity index (χ3v) is 4.33. The van der Waals surface area contributed by atoms with E-state index in [1.165, 1.54) is 0 Å². The Morgan fingerprint density at radius 2 is 2.19 bits per heavy atom. The first kappa shape index (κ1) is 14.7. The Labute approximate surface area is 130 Å². The van der Waals surface area contributed by atoms with Crippen LogP contribution >= 0.6 is 11.6 Å². The lowest BCUT2D eigenvalue weighted by atomic mass is 9.88. The Hall–Kier alpha value is -1.26. The Balaban J connectivity index is 2.08. The van der Waals surface area contributed by atoms with E-state index < -0.39 is 0 Å². The average Bonchev–Trinajstić information content (AvgIpc) is 2.79. The van der Waals surface area contributed by atoms with Gasteiger partial charge < -0.3 is 14.0 Å². The van der Waals surface area contributed by atoms with Crippen molar-refractivity contribution in [1.82, 2.24) is 9.55 Å². The number of hydrogen-bond acceptors (Lipinski definition) is 3. The number of hydrogen-bond donors (Lipinski definition) is 0. The number of alkyl halides is 1. The van der Waals surface area contributed by atoms with Gasteiger partial charge in [-0.15, -0.1) is 11.6 Å². The Bertz CT molecular complexity index is 632. The van der Waals surface area contributed by atoms with Crippen LogP contribution in [-0.4, -0.2) is 29.4 Å². The fourth-order valence-corrected chi connectivity index (χ4v) is 3.14. The molecular formula is C16H21ClN2O2. The SMILES string of the molecule is CCOc1cccc2c1nc(C(C)Cl)n2C1CC(OC)C1. The normalized spacial score (nSPS) is 23.0. The van der Waals surface area contributed by atoms with E-state index in [2.05, 4.69) is 10.6 Å². The van der Waals surface area contributed by atoms with Crippen molar-refractivity contribution in [1.29, 1.82) is 0 Å². The van der Waals surface area contributed by atoms with Gasteiger partial charge in [0.15, 0.2) is 0 Å². The van der Waals surface area contributed by atoms with Gasteiger partial charge in [-0.2, -0.15) is 0 Å². The molecule has 1 aliphatic carbocycles. The molecule has 1 fully saturated rings. The van der Waals surface area contributed by atoms with E-state index in [0.717, 1.165) is 35.4 Å². The number of aromatic nitrogens is 2. The predicted molar refractivity (Wildman–Crippen MR) is 84.2 cm³/mol. The molecule has 0 amide bonds. The van der Waals surface area contributed by atoms with Gasteiger partial charge in [0.05, 0.1) is 23.6 Å². The van der Waals surface area contributed by atoms with Gasteiger partial charge in [0, 0.05) is 13.2 Å². The molecule has 0 radical (unpaired) electrons. The van der Waals surface area contributed by atoms with E-state index in [4.69, 9.17) is 26.1 Å². The maximum absolute atomic E-state index is 6.35. The molecule has 0 bridgehead atoms. The topological polar surface area (TPSA) is 36.3 Å². The maximum Gasteiger partial charge on any atom is 0.147 e. The molecule has 114 valence electrons. The largest absolute Gasteiger partial charge is 0.492 e. The first-order chi connectivity index (χ1) is 10.2. The van der Waals surface area contributed by atoms with E-state index in [1.807, 2.05) is 26.0 Å². The Morgan fingerprint density at radius 1 is 1.43 bits per heavy atom. The molecule has 1 atom stereocenters. The highest BCUT2D eigenvalue weighted by Crippen LogP contribution is 2.40. The molecule has 1 aromatic carbocycles. The second-order valence-electron chi connectivity index (χ2n) is 5.50. The van der Waals surface area contributed by atoms with Crippen LogP contribution in [0.15, 0.2) is 18.2 Å². The number of nitrogens with zero attached hydrogens (tertiary/aromatic N) is 2. The Kier molecular flexibility index (Phi) is 4.09. The standard InChI is InChI=1S/C16H21ClN2O2/c1-4-21-14-7-5-6-13-15(14)18-16(10(2)17)19(13)11-8-12(9-11)20-3/h5-7,10-12H,4,8-9H2,1-3H3. The van der Waals surface area contributed by atoms with Crippen molar-refractivity contribution < 1.29 is 9.47 Å².